The van der Waals surface area contributed by atoms with E-state index >= 15 is 0 Å². The molecular weight excluding hydrogens is 389 g/mol. The molecule has 27 heavy (non-hydrogen) atoms. The number of ether oxygens (including phenoxy) is 1. The Bertz CT molecular complexity index is 801. The Morgan fingerprint density at radius 1 is 1.26 bits per heavy atom. The van der Waals surface area contributed by atoms with E-state index in [9.17, 15) is 4.79 Å². The summed E-state index contributed by atoms with van der Waals surface area (Å²) in [6, 6.07) is 0.234. The molecule has 2 aromatic heterocycles. The number of aryl methyl sites for hydroxylation is 3. The Labute approximate surface area is 172 Å². The number of hydrogen-bond acceptors (Lipinski definition) is 5. The Morgan fingerprint density at radius 3 is 2.48 bits per heavy atom. The van der Waals surface area contributed by atoms with Crippen LogP contribution < -0.4 is 10.5 Å². The Kier molecular flexibility index (Phi) is 8.32. The van der Waals surface area contributed by atoms with Crippen LogP contribution in [0.25, 0.3) is 11.0 Å². The molecule has 0 saturated carbocycles. The largest absolute Gasteiger partial charge is 0.479 e. The van der Waals surface area contributed by atoms with Crippen molar-refractivity contribution >= 4 is 41.8 Å². The van der Waals surface area contributed by atoms with E-state index in [4.69, 9.17) is 10.5 Å². The summed E-state index contributed by atoms with van der Waals surface area (Å²) in [7, 11) is 3.48. The van der Waals surface area contributed by atoms with Gasteiger partial charge in [-0.2, -0.15) is 0 Å². The normalized spacial score (nSPS) is 14.6. The predicted octanol–water partition coefficient (Wildman–Crippen LogP) is 2.32. The van der Waals surface area contributed by atoms with Gasteiger partial charge in [-0.1, -0.05) is 0 Å². The molecule has 2 aromatic rings. The summed E-state index contributed by atoms with van der Waals surface area (Å²) >= 11 is 0. The third kappa shape index (κ3) is 4.65. The van der Waals surface area contributed by atoms with E-state index in [0.29, 0.717) is 18.7 Å². The van der Waals surface area contributed by atoms with Gasteiger partial charge in [-0.05, 0) is 44.2 Å². The number of carbonyl (C=O) groups is 1. The number of fused-ring (bicyclic) bond motifs is 1. The summed E-state index contributed by atoms with van der Waals surface area (Å²) in [5.41, 5.74) is 9.89. The van der Waals surface area contributed by atoms with Crippen molar-refractivity contribution in [3.63, 3.8) is 0 Å². The number of piperidine rings is 1. The van der Waals surface area contributed by atoms with Crippen LogP contribution in [0.3, 0.4) is 0 Å². The zero-order chi connectivity index (χ0) is 18.1. The molecule has 1 aliphatic heterocycles. The molecule has 1 fully saturated rings. The van der Waals surface area contributed by atoms with Crippen LogP contribution in [0.1, 0.15) is 36.1 Å². The zero-order valence-electron chi connectivity index (χ0n) is 16.3. The van der Waals surface area contributed by atoms with Gasteiger partial charge in [0.1, 0.15) is 0 Å². The second-order valence-electron chi connectivity index (χ2n) is 6.85. The lowest BCUT2D eigenvalue weighted by molar-refractivity contribution is -0.132. The minimum Gasteiger partial charge on any atom is -0.479 e. The SMILES string of the molecule is COc1nn(C)c2nc(C)c(CCC(=O)N3CCC(N)CC3)c(C)c12.Cl.Cl. The summed E-state index contributed by atoms with van der Waals surface area (Å²) in [6.07, 6.45) is 2.96. The highest BCUT2D eigenvalue weighted by Gasteiger charge is 2.22. The van der Waals surface area contributed by atoms with Gasteiger partial charge in [0.15, 0.2) is 5.65 Å². The highest BCUT2D eigenvalue weighted by atomic mass is 35.5. The Balaban J connectivity index is 0.00000182. The molecule has 9 heteroatoms. The number of halogens is 2. The average molecular weight is 418 g/mol. The summed E-state index contributed by atoms with van der Waals surface area (Å²) in [5.74, 6) is 0.782. The number of amides is 1. The number of aromatic nitrogens is 3. The maximum absolute atomic E-state index is 12.5. The van der Waals surface area contributed by atoms with Crippen molar-refractivity contribution in [2.45, 2.75) is 45.6 Å². The number of hydrogen-bond donors (Lipinski definition) is 1. The molecule has 152 valence electrons. The minimum absolute atomic E-state index is 0. The van der Waals surface area contributed by atoms with Gasteiger partial charge in [-0.3, -0.25) is 4.79 Å². The topological polar surface area (TPSA) is 86.3 Å². The van der Waals surface area contributed by atoms with E-state index in [0.717, 1.165) is 53.8 Å². The van der Waals surface area contributed by atoms with Crippen molar-refractivity contribution in [2.75, 3.05) is 20.2 Å². The van der Waals surface area contributed by atoms with Gasteiger partial charge in [-0.15, -0.1) is 29.9 Å². The lowest BCUT2D eigenvalue weighted by Crippen LogP contribution is -2.42. The molecule has 0 unspecified atom stereocenters. The highest BCUT2D eigenvalue weighted by Crippen LogP contribution is 2.30. The van der Waals surface area contributed by atoms with E-state index in [-0.39, 0.29) is 36.8 Å². The fraction of sp³-hybridized carbons (Fsp3) is 0.611. The fourth-order valence-corrected chi connectivity index (χ4v) is 3.65. The van der Waals surface area contributed by atoms with Gasteiger partial charge in [0.05, 0.1) is 12.5 Å². The molecular formula is C18H29Cl2N5O2. The molecule has 3 heterocycles. The smallest absolute Gasteiger partial charge is 0.242 e. The van der Waals surface area contributed by atoms with Gasteiger partial charge in [0, 0.05) is 38.3 Å². The van der Waals surface area contributed by atoms with Crippen LogP contribution in [0.5, 0.6) is 5.88 Å². The van der Waals surface area contributed by atoms with E-state index in [2.05, 4.69) is 17.0 Å². The number of methoxy groups -OCH3 is 1. The number of pyridine rings is 1. The Morgan fingerprint density at radius 2 is 1.89 bits per heavy atom. The predicted molar refractivity (Wildman–Crippen MR) is 111 cm³/mol. The summed E-state index contributed by atoms with van der Waals surface area (Å²) in [4.78, 5) is 19.1. The van der Waals surface area contributed by atoms with Crippen molar-refractivity contribution in [3.8, 4) is 5.88 Å². The first-order valence-corrected chi connectivity index (χ1v) is 8.82. The first kappa shape index (κ1) is 23.5. The monoisotopic (exact) mass is 417 g/mol. The van der Waals surface area contributed by atoms with E-state index < -0.39 is 0 Å². The standard InChI is InChI=1S/C18H27N5O2.2ClH/c1-11-14(5-6-15(24)23-9-7-13(19)8-10-23)12(2)20-17-16(11)18(25-4)21-22(17)3;;/h13H,5-10,19H2,1-4H3;2*1H. The van der Waals surface area contributed by atoms with Gasteiger partial charge in [0.2, 0.25) is 11.8 Å². The molecule has 0 spiro atoms. The third-order valence-corrected chi connectivity index (χ3v) is 5.20. The van der Waals surface area contributed by atoms with E-state index in [1.165, 1.54) is 0 Å². The summed E-state index contributed by atoms with van der Waals surface area (Å²) < 4.78 is 7.13. The summed E-state index contributed by atoms with van der Waals surface area (Å²) in [5, 5.41) is 5.30. The maximum atomic E-state index is 12.5. The molecule has 0 radical (unpaired) electrons. The van der Waals surface area contributed by atoms with E-state index in [1.54, 1.807) is 11.8 Å². The van der Waals surface area contributed by atoms with Crippen LogP contribution in [0.15, 0.2) is 0 Å². The first-order valence-electron chi connectivity index (χ1n) is 8.82. The van der Waals surface area contributed by atoms with Crippen LogP contribution in [0, 0.1) is 13.8 Å². The average Bonchev–Trinajstić information content (AvgIpc) is 2.91. The van der Waals surface area contributed by atoms with Gasteiger partial charge >= 0.3 is 0 Å². The van der Waals surface area contributed by atoms with Gasteiger partial charge in [-0.25, -0.2) is 9.67 Å². The van der Waals surface area contributed by atoms with Gasteiger partial charge in [0.25, 0.3) is 0 Å². The molecule has 0 aromatic carbocycles. The Hall–Kier alpha value is -1.57. The molecule has 0 aliphatic carbocycles. The highest BCUT2D eigenvalue weighted by molar-refractivity contribution is 5.86. The number of nitrogens with two attached hydrogens (primary N) is 1. The molecule has 7 nitrogen and oxygen atoms in total. The van der Waals surface area contributed by atoms with Crippen molar-refractivity contribution in [1.82, 2.24) is 19.7 Å². The summed E-state index contributed by atoms with van der Waals surface area (Å²) in [6.45, 7) is 5.59. The lowest BCUT2D eigenvalue weighted by Gasteiger charge is -2.30. The molecule has 1 aliphatic rings. The quantitative estimate of drug-likeness (QED) is 0.824. The zero-order valence-corrected chi connectivity index (χ0v) is 18.0. The second-order valence-corrected chi connectivity index (χ2v) is 6.85. The number of carbonyl (C=O) groups excluding carboxylic acids is 1. The van der Waals surface area contributed by atoms with Crippen molar-refractivity contribution in [2.24, 2.45) is 12.8 Å². The fourth-order valence-electron chi connectivity index (χ4n) is 3.65. The number of likely N-dealkylation sites (tertiary alicyclic amines) is 1. The van der Waals surface area contributed by atoms with Crippen molar-refractivity contribution in [3.05, 3.63) is 16.8 Å². The van der Waals surface area contributed by atoms with Crippen molar-refractivity contribution < 1.29 is 9.53 Å². The molecule has 2 N–H and O–H groups in total. The molecule has 0 bridgehead atoms. The van der Waals surface area contributed by atoms with E-state index in [1.807, 2.05) is 18.9 Å². The first-order chi connectivity index (χ1) is 11.9. The third-order valence-electron chi connectivity index (χ3n) is 5.20. The van der Waals surface area contributed by atoms with Gasteiger partial charge < -0.3 is 15.4 Å². The molecule has 3 rings (SSSR count). The molecule has 0 atom stereocenters. The lowest BCUT2D eigenvalue weighted by atomic mass is 9.99. The number of rotatable bonds is 4. The van der Waals surface area contributed by atoms with Crippen LogP contribution >= 0.6 is 24.8 Å². The maximum Gasteiger partial charge on any atom is 0.242 e. The van der Waals surface area contributed by atoms with Crippen LogP contribution in [0.4, 0.5) is 0 Å². The molecule has 1 amide bonds. The van der Waals surface area contributed by atoms with Crippen LogP contribution in [0.2, 0.25) is 0 Å². The number of nitrogens with zero attached hydrogens (tertiary/aromatic N) is 4. The van der Waals surface area contributed by atoms with Crippen LogP contribution in [-0.2, 0) is 18.3 Å². The minimum atomic E-state index is 0. The molecule has 1 saturated heterocycles. The van der Waals surface area contributed by atoms with Crippen molar-refractivity contribution in [1.29, 1.82) is 0 Å². The van der Waals surface area contributed by atoms with Crippen LogP contribution in [-0.4, -0.2) is 51.8 Å². The second kappa shape index (κ2) is 9.57.